The molecule has 4 rings (SSSR count). The van der Waals surface area contributed by atoms with Gasteiger partial charge in [0.05, 0.1) is 18.2 Å². The second kappa shape index (κ2) is 7.96. The summed E-state index contributed by atoms with van der Waals surface area (Å²) in [6, 6.07) is 11.3. The van der Waals surface area contributed by atoms with Crippen molar-refractivity contribution in [3.63, 3.8) is 0 Å². The first kappa shape index (κ1) is 19.6. The zero-order chi connectivity index (χ0) is 20.5. The maximum atomic E-state index is 14.6. The molecule has 2 N–H and O–H groups in total. The van der Waals surface area contributed by atoms with Crippen molar-refractivity contribution in [2.75, 3.05) is 32.6 Å². The fourth-order valence-corrected chi connectivity index (χ4v) is 4.79. The topological polar surface area (TPSA) is 53.6 Å². The number of urea groups is 1. The number of carbonyl (C=O) groups excluding carboxylic acids is 1. The van der Waals surface area contributed by atoms with Gasteiger partial charge < -0.3 is 15.0 Å². The van der Waals surface area contributed by atoms with Gasteiger partial charge in [-0.2, -0.15) is 0 Å². The number of fused-ring (bicyclic) bond motifs is 1. The van der Waals surface area contributed by atoms with Crippen LogP contribution in [0.4, 0.5) is 18.6 Å². The molecule has 0 bridgehead atoms. The Morgan fingerprint density at radius 1 is 1.17 bits per heavy atom. The minimum Gasteiger partial charge on any atom is -0.497 e. The van der Waals surface area contributed by atoms with E-state index in [1.807, 2.05) is 42.3 Å². The van der Waals surface area contributed by atoms with Crippen LogP contribution in [0.2, 0.25) is 0 Å². The Bertz CT molecular complexity index is 999. The van der Waals surface area contributed by atoms with Crippen molar-refractivity contribution in [1.29, 1.82) is 0 Å². The molecule has 0 saturated carbocycles. The highest BCUT2D eigenvalue weighted by Gasteiger charge is 2.36. The number of anilines is 1. The van der Waals surface area contributed by atoms with E-state index in [1.54, 1.807) is 0 Å². The Morgan fingerprint density at radius 3 is 2.59 bits per heavy atom. The standard InChI is InChI=1S/C21H21F2N3O2S/c1-26-10-14(20-15(22)8-13(28-2)9-16(20)23)17(11-26)24-21(27)25-19-7-12-5-3-4-6-18(12)29-19/h3-9,14,17H,10-11H2,1-2H3,(H2,24,25,27)/t14-,17-/m1/s1. The lowest BCUT2D eigenvalue weighted by molar-refractivity contribution is 0.247. The smallest absolute Gasteiger partial charge is 0.320 e. The first-order valence-electron chi connectivity index (χ1n) is 9.22. The Labute approximate surface area is 171 Å². The van der Waals surface area contributed by atoms with Crippen molar-refractivity contribution in [3.05, 3.63) is 59.7 Å². The fraction of sp³-hybridized carbons (Fsp3) is 0.286. The number of nitrogens with zero attached hydrogens (tertiary/aromatic N) is 1. The fourth-order valence-electron chi connectivity index (χ4n) is 3.83. The molecule has 0 spiro atoms. The summed E-state index contributed by atoms with van der Waals surface area (Å²) in [5.41, 5.74) is -0.0256. The van der Waals surface area contributed by atoms with E-state index < -0.39 is 29.6 Å². The highest BCUT2D eigenvalue weighted by atomic mass is 32.1. The molecule has 0 unspecified atom stereocenters. The van der Waals surface area contributed by atoms with Gasteiger partial charge in [-0.25, -0.2) is 13.6 Å². The summed E-state index contributed by atoms with van der Waals surface area (Å²) in [6.07, 6.45) is 0. The van der Waals surface area contributed by atoms with Crippen molar-refractivity contribution in [2.45, 2.75) is 12.0 Å². The molecule has 1 aromatic heterocycles. The number of nitrogens with one attached hydrogen (secondary N) is 2. The number of hydrogen-bond acceptors (Lipinski definition) is 4. The number of ether oxygens (including phenoxy) is 1. The monoisotopic (exact) mass is 417 g/mol. The van der Waals surface area contributed by atoms with Crippen LogP contribution >= 0.6 is 11.3 Å². The molecule has 2 heterocycles. The lowest BCUT2D eigenvalue weighted by Crippen LogP contribution is -2.42. The van der Waals surface area contributed by atoms with Crippen LogP contribution in [-0.4, -0.2) is 44.2 Å². The number of carbonyl (C=O) groups is 1. The number of rotatable bonds is 4. The minimum atomic E-state index is -0.668. The molecule has 3 aromatic rings. The molecule has 1 saturated heterocycles. The first-order chi connectivity index (χ1) is 13.9. The van der Waals surface area contributed by atoms with Gasteiger partial charge in [-0.3, -0.25) is 5.32 Å². The van der Waals surface area contributed by atoms with Crippen molar-refractivity contribution in [3.8, 4) is 5.75 Å². The number of methoxy groups -OCH3 is 1. The summed E-state index contributed by atoms with van der Waals surface area (Å²) in [5.74, 6) is -1.71. The zero-order valence-corrected chi connectivity index (χ0v) is 16.9. The van der Waals surface area contributed by atoms with E-state index in [9.17, 15) is 13.6 Å². The van der Waals surface area contributed by atoms with Gasteiger partial charge in [-0.05, 0) is 24.6 Å². The largest absolute Gasteiger partial charge is 0.497 e. The van der Waals surface area contributed by atoms with Crippen molar-refractivity contribution >= 4 is 32.5 Å². The molecular formula is C21H21F2N3O2S. The molecule has 2 atom stereocenters. The predicted octanol–water partition coefficient (Wildman–Crippen LogP) is 4.41. The van der Waals surface area contributed by atoms with Crippen LogP contribution in [-0.2, 0) is 0 Å². The quantitative estimate of drug-likeness (QED) is 0.661. The van der Waals surface area contributed by atoms with Gasteiger partial charge in [0.15, 0.2) is 0 Å². The first-order valence-corrected chi connectivity index (χ1v) is 10.0. The van der Waals surface area contributed by atoms with Gasteiger partial charge in [-0.1, -0.05) is 18.2 Å². The average molecular weight is 417 g/mol. The second-order valence-electron chi connectivity index (χ2n) is 7.19. The summed E-state index contributed by atoms with van der Waals surface area (Å²) in [4.78, 5) is 14.5. The van der Waals surface area contributed by atoms with Crippen molar-refractivity contribution in [1.82, 2.24) is 10.2 Å². The summed E-state index contributed by atoms with van der Waals surface area (Å²) >= 11 is 1.47. The molecule has 0 aliphatic carbocycles. The highest BCUT2D eigenvalue weighted by molar-refractivity contribution is 7.22. The van der Waals surface area contributed by atoms with Crippen LogP contribution < -0.4 is 15.4 Å². The van der Waals surface area contributed by atoms with E-state index in [2.05, 4.69) is 10.6 Å². The lowest BCUT2D eigenvalue weighted by Gasteiger charge is -2.21. The minimum absolute atomic E-state index is 0.0256. The van der Waals surface area contributed by atoms with Crippen molar-refractivity contribution < 1.29 is 18.3 Å². The van der Waals surface area contributed by atoms with Crippen LogP contribution in [0.25, 0.3) is 10.1 Å². The lowest BCUT2D eigenvalue weighted by atomic mass is 9.93. The number of likely N-dealkylation sites (N-methyl/N-ethyl adjacent to an activating group) is 1. The Morgan fingerprint density at radius 2 is 1.90 bits per heavy atom. The van der Waals surface area contributed by atoms with E-state index in [0.717, 1.165) is 10.1 Å². The van der Waals surface area contributed by atoms with Gasteiger partial charge >= 0.3 is 6.03 Å². The van der Waals surface area contributed by atoms with E-state index in [-0.39, 0.29) is 11.3 Å². The van der Waals surface area contributed by atoms with Gasteiger partial charge in [0.25, 0.3) is 0 Å². The van der Waals surface area contributed by atoms with Crippen LogP contribution in [0.5, 0.6) is 5.75 Å². The summed E-state index contributed by atoms with van der Waals surface area (Å²) < 4.78 is 35.2. The molecule has 2 aromatic carbocycles. The molecule has 2 amide bonds. The van der Waals surface area contributed by atoms with E-state index >= 15 is 0 Å². The normalized spacial score (nSPS) is 19.4. The predicted molar refractivity (Wildman–Crippen MR) is 111 cm³/mol. The van der Waals surface area contributed by atoms with Crippen molar-refractivity contribution in [2.24, 2.45) is 0 Å². The van der Waals surface area contributed by atoms with Crippen LogP contribution in [0, 0.1) is 11.6 Å². The molecule has 1 aliphatic rings. The maximum absolute atomic E-state index is 14.6. The SMILES string of the molecule is COc1cc(F)c([C@@H]2CN(C)C[C@H]2NC(=O)Nc2cc3ccccc3s2)c(F)c1. The number of thiophene rings is 1. The average Bonchev–Trinajstić information content (AvgIpc) is 3.23. The summed E-state index contributed by atoms with van der Waals surface area (Å²) in [7, 11) is 3.22. The van der Waals surface area contributed by atoms with E-state index in [4.69, 9.17) is 4.74 Å². The third kappa shape index (κ3) is 4.04. The molecule has 152 valence electrons. The molecule has 1 aliphatic heterocycles. The van der Waals surface area contributed by atoms with Gasteiger partial charge in [0, 0.05) is 41.4 Å². The molecule has 8 heteroatoms. The van der Waals surface area contributed by atoms with Gasteiger partial charge in [0.2, 0.25) is 0 Å². The maximum Gasteiger partial charge on any atom is 0.320 e. The summed E-state index contributed by atoms with van der Waals surface area (Å²) in [5, 5.41) is 7.48. The van der Waals surface area contributed by atoms with Gasteiger partial charge in [-0.15, -0.1) is 11.3 Å². The molecule has 0 radical (unpaired) electrons. The van der Waals surface area contributed by atoms with E-state index in [1.165, 1.54) is 30.6 Å². The number of benzene rings is 2. The zero-order valence-electron chi connectivity index (χ0n) is 16.0. The third-order valence-electron chi connectivity index (χ3n) is 5.14. The second-order valence-corrected chi connectivity index (χ2v) is 8.27. The van der Waals surface area contributed by atoms with Crippen LogP contribution in [0.3, 0.4) is 0 Å². The van der Waals surface area contributed by atoms with Crippen LogP contribution in [0.1, 0.15) is 11.5 Å². The summed E-state index contributed by atoms with van der Waals surface area (Å²) in [6.45, 7) is 0.934. The number of amides is 2. The van der Waals surface area contributed by atoms with E-state index in [0.29, 0.717) is 18.1 Å². The Balaban J connectivity index is 1.51. The Hall–Kier alpha value is -2.71. The molecule has 29 heavy (non-hydrogen) atoms. The Kier molecular flexibility index (Phi) is 5.38. The third-order valence-corrected chi connectivity index (χ3v) is 6.17. The molecule has 5 nitrogen and oxygen atoms in total. The number of halogens is 2. The number of likely N-dealkylation sites (tertiary alicyclic amines) is 1. The van der Waals surface area contributed by atoms with Crippen LogP contribution in [0.15, 0.2) is 42.5 Å². The molecule has 1 fully saturated rings. The number of hydrogen-bond donors (Lipinski definition) is 2. The molecular weight excluding hydrogens is 396 g/mol. The highest BCUT2D eigenvalue weighted by Crippen LogP contribution is 2.33. The van der Waals surface area contributed by atoms with Gasteiger partial charge in [0.1, 0.15) is 17.4 Å².